The van der Waals surface area contributed by atoms with Crippen LogP contribution >= 0.6 is 0 Å². The second-order valence-corrected chi connectivity index (χ2v) is 7.75. The van der Waals surface area contributed by atoms with Crippen molar-refractivity contribution in [3.8, 4) is 5.75 Å². The number of nitrogens with one attached hydrogen (secondary N) is 1. The second kappa shape index (κ2) is 7.14. The molecule has 1 amide bonds. The summed E-state index contributed by atoms with van der Waals surface area (Å²) in [5.74, 6) is 1.66. The van der Waals surface area contributed by atoms with E-state index in [9.17, 15) is 4.79 Å². The van der Waals surface area contributed by atoms with Gasteiger partial charge in [-0.15, -0.1) is 0 Å². The van der Waals surface area contributed by atoms with Crippen molar-refractivity contribution in [2.24, 2.45) is 0 Å². The first-order valence-electron chi connectivity index (χ1n) is 9.72. The Morgan fingerprint density at radius 1 is 1.00 bits per heavy atom. The summed E-state index contributed by atoms with van der Waals surface area (Å²) in [5, 5.41) is 3.35. The zero-order valence-corrected chi connectivity index (χ0v) is 15.4. The van der Waals surface area contributed by atoms with Crippen molar-refractivity contribution in [2.45, 2.75) is 55.9 Å². The van der Waals surface area contributed by atoms with E-state index in [-0.39, 0.29) is 11.3 Å². The first-order chi connectivity index (χ1) is 12.7. The molecule has 3 heteroatoms. The Morgan fingerprint density at radius 3 is 2.38 bits per heavy atom. The molecule has 0 saturated heterocycles. The van der Waals surface area contributed by atoms with E-state index in [1.165, 1.54) is 5.56 Å². The van der Waals surface area contributed by atoms with E-state index >= 15 is 0 Å². The summed E-state index contributed by atoms with van der Waals surface area (Å²) in [6.45, 7) is 0. The molecule has 1 N–H and O–H groups in total. The van der Waals surface area contributed by atoms with Gasteiger partial charge in [-0.1, -0.05) is 42.5 Å². The molecule has 0 heterocycles. The third-order valence-corrected chi connectivity index (χ3v) is 6.14. The van der Waals surface area contributed by atoms with Crippen LogP contribution < -0.4 is 10.1 Å². The molecule has 0 aliphatic heterocycles. The molecule has 2 aliphatic rings. The van der Waals surface area contributed by atoms with E-state index in [1.54, 1.807) is 7.11 Å². The van der Waals surface area contributed by atoms with Gasteiger partial charge in [-0.05, 0) is 67.7 Å². The van der Waals surface area contributed by atoms with Gasteiger partial charge < -0.3 is 10.1 Å². The van der Waals surface area contributed by atoms with E-state index in [4.69, 9.17) is 4.74 Å². The lowest BCUT2D eigenvalue weighted by Crippen LogP contribution is -2.43. The fourth-order valence-corrected chi connectivity index (χ4v) is 4.31. The number of ether oxygens (including phenoxy) is 1. The second-order valence-electron chi connectivity index (χ2n) is 7.75. The van der Waals surface area contributed by atoms with Crippen LogP contribution in [0.1, 0.15) is 55.6 Å². The summed E-state index contributed by atoms with van der Waals surface area (Å²) in [6.07, 6.45) is 6.32. The van der Waals surface area contributed by atoms with Crippen molar-refractivity contribution in [3.05, 3.63) is 65.7 Å². The molecule has 0 atom stereocenters. The molecule has 3 nitrogen and oxygen atoms in total. The lowest BCUT2D eigenvalue weighted by molar-refractivity contribution is -0.124. The van der Waals surface area contributed by atoms with E-state index in [0.29, 0.717) is 12.0 Å². The van der Waals surface area contributed by atoms with Gasteiger partial charge in [0.25, 0.3) is 0 Å². The molecule has 0 aromatic heterocycles. The smallest absolute Gasteiger partial charge is 0.230 e. The summed E-state index contributed by atoms with van der Waals surface area (Å²) in [7, 11) is 1.67. The minimum Gasteiger partial charge on any atom is -0.497 e. The number of benzene rings is 2. The molecule has 0 spiro atoms. The molecule has 2 aliphatic carbocycles. The van der Waals surface area contributed by atoms with Gasteiger partial charge in [0.15, 0.2) is 0 Å². The molecule has 0 radical (unpaired) electrons. The minimum atomic E-state index is -0.329. The number of rotatable bonds is 5. The van der Waals surface area contributed by atoms with Crippen LogP contribution in [0.2, 0.25) is 0 Å². The normalized spacial score (nSPS) is 23.9. The zero-order valence-electron chi connectivity index (χ0n) is 15.4. The van der Waals surface area contributed by atoms with Crippen molar-refractivity contribution in [1.82, 2.24) is 5.32 Å². The first kappa shape index (κ1) is 17.1. The van der Waals surface area contributed by atoms with Gasteiger partial charge in [-0.2, -0.15) is 0 Å². The van der Waals surface area contributed by atoms with Crippen LogP contribution in [0.5, 0.6) is 5.75 Å². The Morgan fingerprint density at radius 2 is 1.73 bits per heavy atom. The Labute approximate surface area is 155 Å². The number of carbonyl (C=O) groups excluding carboxylic acids is 1. The van der Waals surface area contributed by atoms with Gasteiger partial charge in [0, 0.05) is 6.04 Å². The van der Waals surface area contributed by atoms with Crippen molar-refractivity contribution in [1.29, 1.82) is 0 Å². The Kier molecular flexibility index (Phi) is 4.71. The summed E-state index contributed by atoms with van der Waals surface area (Å²) in [6, 6.07) is 19.1. The van der Waals surface area contributed by atoms with E-state index < -0.39 is 0 Å². The molecule has 0 bridgehead atoms. The van der Waals surface area contributed by atoms with Gasteiger partial charge in [0.2, 0.25) is 5.91 Å². The average Bonchev–Trinajstić information content (AvgIpc) is 3.51. The van der Waals surface area contributed by atoms with Crippen LogP contribution in [0.15, 0.2) is 54.6 Å². The first-order valence-corrected chi connectivity index (χ1v) is 9.72. The highest BCUT2D eigenvalue weighted by Crippen LogP contribution is 2.49. The largest absolute Gasteiger partial charge is 0.497 e. The van der Waals surface area contributed by atoms with Crippen LogP contribution in [0.3, 0.4) is 0 Å². The number of hydrogen-bond donors (Lipinski definition) is 1. The van der Waals surface area contributed by atoms with Gasteiger partial charge in [0.05, 0.1) is 12.5 Å². The van der Waals surface area contributed by atoms with Crippen molar-refractivity contribution >= 4 is 5.91 Å². The summed E-state index contributed by atoms with van der Waals surface area (Å²) in [4.78, 5) is 13.0. The lowest BCUT2D eigenvalue weighted by Gasteiger charge is -2.30. The SMILES string of the molecule is COc1cccc(C2(C(=O)NC3CCC(c4ccccc4)CC3)CC2)c1. The zero-order chi connectivity index (χ0) is 18.0. The quantitative estimate of drug-likeness (QED) is 0.859. The lowest BCUT2D eigenvalue weighted by atomic mass is 9.81. The fraction of sp³-hybridized carbons (Fsp3) is 0.435. The van der Waals surface area contributed by atoms with Crippen molar-refractivity contribution in [2.75, 3.05) is 7.11 Å². The van der Waals surface area contributed by atoms with Crippen LogP contribution in [0, 0.1) is 0 Å². The Hall–Kier alpha value is -2.29. The molecule has 2 aromatic carbocycles. The maximum atomic E-state index is 13.0. The highest BCUT2D eigenvalue weighted by molar-refractivity contribution is 5.91. The van der Waals surface area contributed by atoms with Gasteiger partial charge >= 0.3 is 0 Å². The number of amides is 1. The predicted molar refractivity (Wildman–Crippen MR) is 103 cm³/mol. The molecule has 136 valence electrons. The number of carbonyl (C=O) groups is 1. The monoisotopic (exact) mass is 349 g/mol. The molecule has 4 rings (SSSR count). The summed E-state index contributed by atoms with van der Waals surface area (Å²) < 4.78 is 5.33. The van der Waals surface area contributed by atoms with Gasteiger partial charge in [-0.25, -0.2) is 0 Å². The van der Waals surface area contributed by atoms with Crippen molar-refractivity contribution in [3.63, 3.8) is 0 Å². The molecule has 2 fully saturated rings. The molecule has 26 heavy (non-hydrogen) atoms. The van der Waals surface area contributed by atoms with E-state index in [0.717, 1.165) is 49.8 Å². The summed E-state index contributed by atoms with van der Waals surface area (Å²) >= 11 is 0. The molecule has 2 saturated carbocycles. The van der Waals surface area contributed by atoms with Crippen LogP contribution in [0.4, 0.5) is 0 Å². The number of hydrogen-bond acceptors (Lipinski definition) is 2. The molecule has 2 aromatic rings. The van der Waals surface area contributed by atoms with E-state index in [1.807, 2.05) is 18.2 Å². The summed E-state index contributed by atoms with van der Waals surface area (Å²) in [5.41, 5.74) is 2.20. The van der Waals surface area contributed by atoms with Gasteiger partial charge in [0.1, 0.15) is 5.75 Å². The molecular weight excluding hydrogens is 322 g/mol. The topological polar surface area (TPSA) is 38.3 Å². The van der Waals surface area contributed by atoms with Crippen LogP contribution in [-0.4, -0.2) is 19.1 Å². The van der Waals surface area contributed by atoms with E-state index in [2.05, 4.69) is 41.7 Å². The molecule has 0 unspecified atom stereocenters. The van der Waals surface area contributed by atoms with Crippen LogP contribution in [0.25, 0.3) is 0 Å². The Balaban J connectivity index is 1.37. The van der Waals surface area contributed by atoms with Gasteiger partial charge in [-0.3, -0.25) is 4.79 Å². The average molecular weight is 349 g/mol. The third-order valence-electron chi connectivity index (χ3n) is 6.14. The predicted octanol–water partition coefficient (Wildman–Crippen LogP) is 4.57. The maximum absolute atomic E-state index is 13.0. The maximum Gasteiger partial charge on any atom is 0.230 e. The third kappa shape index (κ3) is 3.35. The fourth-order valence-electron chi connectivity index (χ4n) is 4.31. The number of methoxy groups -OCH3 is 1. The minimum absolute atomic E-state index is 0.203. The Bertz CT molecular complexity index is 759. The van der Waals surface area contributed by atoms with Crippen molar-refractivity contribution < 1.29 is 9.53 Å². The highest BCUT2D eigenvalue weighted by Gasteiger charge is 2.51. The van der Waals surface area contributed by atoms with Crippen LogP contribution in [-0.2, 0) is 10.2 Å². The molecular formula is C23H27NO2. The standard InChI is InChI=1S/C23H27NO2/c1-26-21-9-5-8-19(16-21)23(14-15-23)22(25)24-20-12-10-18(11-13-20)17-6-3-2-4-7-17/h2-9,16,18,20H,10-15H2,1H3,(H,24,25). The highest BCUT2D eigenvalue weighted by atomic mass is 16.5.